The summed E-state index contributed by atoms with van der Waals surface area (Å²) >= 11 is 0. The molecule has 488 valence electrons. The lowest BCUT2D eigenvalue weighted by Gasteiger charge is -2.37. The Hall–Kier alpha value is -12.7. The standard InChI is InChI=1S/C24H24N8O2.C23H23N9O2.C19H15N7O3/c1-24(16-9-4-2-5-10-16,22(33)30-12-6-3-7-13-30)32-21-17(15-26-32)20-27-19(18-11-8-14-34-18)29-31(20)23(25)28-21;1-23(15-6-3-2-4-7-15,21(33)30-11-9-25-10-12-30)32-20-16(14-26-32)19-27-18(17-8-5-13-34-17)29-31(19)22(24)28-20;1-19(17(27)28,11-6-3-2-4-7-11)26-16-12(10-21-26)15-22-14(13-8-5-9-29-13)24-25(15)18(20)23-16/h2,4-5,8-11,14-15H,3,6-7,12-13H2,1H3,(H2,25,28);2-8,13-14,25H,9-12H2,1H3,(H2,24,28);2-10H,1H3,(H2,20,23)(H,27,28). The molecule has 0 saturated carbocycles. The van der Waals surface area contributed by atoms with Gasteiger partial charge >= 0.3 is 5.97 Å². The Labute approximate surface area is 548 Å². The molecular weight excluding hydrogens is 1240 g/mol. The van der Waals surface area contributed by atoms with E-state index < -0.39 is 22.6 Å². The van der Waals surface area contributed by atoms with Crippen LogP contribution in [0.3, 0.4) is 0 Å². The molecule has 2 fully saturated rings. The van der Waals surface area contributed by atoms with Crippen molar-refractivity contribution in [2.45, 2.75) is 56.7 Å². The zero-order chi connectivity index (χ0) is 66.7. The molecule has 17 rings (SSSR count). The van der Waals surface area contributed by atoms with Crippen LogP contribution in [0.2, 0.25) is 0 Å². The maximum atomic E-state index is 14.0. The van der Waals surface area contributed by atoms with E-state index in [0.29, 0.717) is 103 Å². The molecule has 31 nitrogen and oxygen atoms in total. The Morgan fingerprint density at radius 1 is 0.423 bits per heavy atom. The lowest BCUT2D eigenvalue weighted by atomic mass is 9.89. The highest BCUT2D eigenvalue weighted by Gasteiger charge is 2.45. The molecule has 15 aromatic rings. The van der Waals surface area contributed by atoms with Crippen molar-refractivity contribution >= 4 is 85.7 Å². The van der Waals surface area contributed by atoms with Gasteiger partial charge in [0.25, 0.3) is 11.8 Å². The van der Waals surface area contributed by atoms with Crippen LogP contribution >= 0.6 is 0 Å². The molecule has 0 aliphatic carbocycles. The van der Waals surface area contributed by atoms with Crippen molar-refractivity contribution in [2.75, 3.05) is 56.5 Å². The lowest BCUT2D eigenvalue weighted by Crippen LogP contribution is -2.55. The van der Waals surface area contributed by atoms with Crippen LogP contribution in [0.1, 0.15) is 56.7 Å². The molecule has 0 spiro atoms. The first-order valence-corrected chi connectivity index (χ1v) is 31.2. The van der Waals surface area contributed by atoms with Gasteiger partial charge in [-0.2, -0.15) is 43.8 Å². The number of aliphatic carboxylic acids is 1. The highest BCUT2D eigenvalue weighted by Crippen LogP contribution is 2.37. The van der Waals surface area contributed by atoms with E-state index in [-0.39, 0.29) is 29.7 Å². The van der Waals surface area contributed by atoms with Crippen LogP contribution in [-0.2, 0) is 31.0 Å². The summed E-state index contributed by atoms with van der Waals surface area (Å²) < 4.78 is 25.2. The number of carbonyl (C=O) groups is 3. The van der Waals surface area contributed by atoms with Gasteiger partial charge < -0.3 is 50.7 Å². The van der Waals surface area contributed by atoms with Crippen LogP contribution in [0.4, 0.5) is 17.8 Å². The van der Waals surface area contributed by atoms with Gasteiger partial charge in [0.15, 0.2) is 67.8 Å². The van der Waals surface area contributed by atoms with Crippen molar-refractivity contribution in [2.24, 2.45) is 0 Å². The third-order valence-corrected chi connectivity index (χ3v) is 17.9. The summed E-state index contributed by atoms with van der Waals surface area (Å²) in [6, 6.07) is 38.7. The molecule has 2 aliphatic rings. The van der Waals surface area contributed by atoms with Crippen molar-refractivity contribution in [3.8, 4) is 34.8 Å². The molecule has 8 N–H and O–H groups in total. The van der Waals surface area contributed by atoms with Crippen LogP contribution in [-0.4, -0.2) is 160 Å². The number of fused-ring (bicyclic) bond motifs is 9. The average molecular weight is 1300 g/mol. The quantitative estimate of drug-likeness (QED) is 0.0842. The Balaban J connectivity index is 0.000000120. The predicted molar refractivity (Wildman–Crippen MR) is 354 cm³/mol. The number of amides is 2. The molecule has 12 aromatic heterocycles. The van der Waals surface area contributed by atoms with Crippen LogP contribution in [0.5, 0.6) is 0 Å². The number of nitrogens with two attached hydrogens (primary N) is 3. The minimum absolute atomic E-state index is 0.0126. The van der Waals surface area contributed by atoms with Crippen molar-refractivity contribution in [1.82, 2.24) is 103 Å². The number of carboxylic acids is 1. The van der Waals surface area contributed by atoms with Gasteiger partial charge in [-0.05, 0) is 93.1 Å². The lowest BCUT2D eigenvalue weighted by molar-refractivity contribution is -0.145. The number of carbonyl (C=O) groups excluding carboxylic acids is 2. The highest BCUT2D eigenvalue weighted by atomic mass is 16.4. The fourth-order valence-electron chi connectivity index (χ4n) is 12.6. The van der Waals surface area contributed by atoms with Gasteiger partial charge in [-0.15, -0.1) is 15.3 Å². The number of nitrogens with zero attached hydrogens (tertiary/aromatic N) is 20. The van der Waals surface area contributed by atoms with Crippen LogP contribution in [0, 0.1) is 0 Å². The van der Waals surface area contributed by atoms with Crippen LogP contribution in [0.15, 0.2) is 178 Å². The van der Waals surface area contributed by atoms with Gasteiger partial charge in [0.2, 0.25) is 35.3 Å². The summed E-state index contributed by atoms with van der Waals surface area (Å²) in [4.78, 5) is 71.5. The maximum absolute atomic E-state index is 14.0. The first-order chi connectivity index (χ1) is 47.1. The van der Waals surface area contributed by atoms with Gasteiger partial charge in [0.05, 0.1) is 53.5 Å². The van der Waals surface area contributed by atoms with Crippen LogP contribution in [0.25, 0.3) is 84.8 Å². The van der Waals surface area contributed by atoms with Crippen molar-refractivity contribution in [1.29, 1.82) is 0 Å². The fraction of sp³-hybridized carbons (Fsp3) is 0.227. The summed E-state index contributed by atoms with van der Waals surface area (Å²) in [6.07, 6.45) is 12.6. The monoisotopic (exact) mass is 1300 g/mol. The van der Waals surface area contributed by atoms with Gasteiger partial charge in [-0.3, -0.25) is 9.59 Å². The summed E-state index contributed by atoms with van der Waals surface area (Å²) in [6.45, 7) is 9.54. The van der Waals surface area contributed by atoms with E-state index in [1.807, 2.05) is 90.4 Å². The van der Waals surface area contributed by atoms with Crippen molar-refractivity contribution in [3.63, 3.8) is 0 Å². The number of piperazine rings is 1. The fourth-order valence-corrected chi connectivity index (χ4v) is 12.6. The second-order valence-corrected chi connectivity index (χ2v) is 23.8. The Bertz CT molecular complexity index is 5150. The van der Waals surface area contributed by atoms with E-state index in [1.165, 1.54) is 30.7 Å². The number of nitrogen functional groups attached to an aromatic ring is 3. The molecule has 2 amide bonds. The molecule has 2 aliphatic heterocycles. The number of hydrogen-bond acceptors (Lipinski definition) is 22. The summed E-state index contributed by atoms with van der Waals surface area (Å²) in [5.41, 5.74) is 19.8. The number of anilines is 3. The SMILES string of the molecule is CC(C(=O)N1CCCCC1)(c1ccccc1)n1ncc2c1nc(N)n1nc(-c3ccco3)nc21.CC(C(=O)N1CCNCC1)(c1ccccc1)n1ncc2c1nc(N)n1nc(-c3ccco3)nc21.CC(C(=O)O)(c1ccccc1)n1ncc2c1nc(N)n1nc(-c3ccco3)nc21. The molecule has 3 atom stereocenters. The van der Waals surface area contributed by atoms with Gasteiger partial charge in [-0.25, -0.2) is 33.8 Å². The van der Waals surface area contributed by atoms with Gasteiger partial charge in [0, 0.05) is 39.3 Å². The average Bonchev–Trinajstić information content (AvgIpc) is 1.62. The number of aromatic nitrogens is 18. The smallest absolute Gasteiger partial charge is 0.336 e. The Kier molecular flexibility index (Phi) is 15.0. The van der Waals surface area contributed by atoms with E-state index in [1.54, 1.807) is 102 Å². The zero-order valence-electron chi connectivity index (χ0n) is 52.5. The van der Waals surface area contributed by atoms with E-state index in [2.05, 4.69) is 65.8 Å². The normalized spacial score (nSPS) is 15.5. The molecule has 97 heavy (non-hydrogen) atoms. The second-order valence-electron chi connectivity index (χ2n) is 23.8. The van der Waals surface area contributed by atoms with E-state index in [9.17, 15) is 19.5 Å². The van der Waals surface area contributed by atoms with Crippen molar-refractivity contribution < 1.29 is 32.7 Å². The molecule has 0 bridgehead atoms. The maximum Gasteiger partial charge on any atom is 0.336 e. The number of rotatable bonds is 12. The number of furan rings is 3. The Morgan fingerprint density at radius 2 is 0.753 bits per heavy atom. The van der Waals surface area contributed by atoms with Gasteiger partial charge in [0.1, 0.15) is 0 Å². The number of nitrogens with one attached hydrogen (secondary N) is 1. The second kappa shape index (κ2) is 24.0. The first-order valence-electron chi connectivity index (χ1n) is 31.2. The number of carboxylic acid groups (broad SMARTS) is 1. The van der Waals surface area contributed by atoms with E-state index >= 15 is 0 Å². The topological polar surface area (TPSA) is 390 Å². The number of hydrogen-bond donors (Lipinski definition) is 5. The minimum Gasteiger partial charge on any atom is -0.479 e. The number of likely N-dealkylation sites (tertiary alicyclic amines) is 1. The first kappa shape index (κ1) is 60.6. The predicted octanol–water partition coefficient (Wildman–Crippen LogP) is 6.77. The molecular formula is C66H62N24O7. The summed E-state index contributed by atoms with van der Waals surface area (Å²) in [5, 5.41) is 42.1. The number of benzene rings is 3. The third kappa shape index (κ3) is 10.1. The molecule has 3 aromatic carbocycles. The largest absolute Gasteiger partial charge is 0.479 e. The molecule has 2 saturated heterocycles. The summed E-state index contributed by atoms with van der Waals surface area (Å²) in [7, 11) is 0. The molecule has 0 radical (unpaired) electrons. The zero-order valence-corrected chi connectivity index (χ0v) is 52.5. The number of piperidine rings is 1. The molecule has 31 heteroatoms. The summed E-state index contributed by atoms with van der Waals surface area (Å²) in [5.74, 6) is 1.85. The molecule has 3 unspecified atom stereocenters. The van der Waals surface area contributed by atoms with E-state index in [4.69, 9.17) is 30.5 Å². The Morgan fingerprint density at radius 3 is 1.08 bits per heavy atom. The van der Waals surface area contributed by atoms with Crippen molar-refractivity contribution in [3.05, 3.63) is 181 Å². The molecule has 14 heterocycles. The van der Waals surface area contributed by atoms with E-state index in [0.717, 1.165) is 56.6 Å². The van der Waals surface area contributed by atoms with Gasteiger partial charge in [-0.1, -0.05) is 91.0 Å². The highest BCUT2D eigenvalue weighted by molar-refractivity contribution is 5.96. The third-order valence-electron chi connectivity index (χ3n) is 17.9. The minimum atomic E-state index is -1.50. The van der Waals surface area contributed by atoms with Crippen LogP contribution < -0.4 is 22.5 Å².